The van der Waals surface area contributed by atoms with Crippen molar-refractivity contribution in [1.82, 2.24) is 5.32 Å². The average Bonchev–Trinajstić information content (AvgIpc) is 2.71. The van der Waals surface area contributed by atoms with Gasteiger partial charge in [-0.05, 0) is 35.4 Å². The molecule has 0 unspecified atom stereocenters. The lowest BCUT2D eigenvalue weighted by atomic mass is 10.1. The predicted octanol–water partition coefficient (Wildman–Crippen LogP) is 4.79. The lowest BCUT2D eigenvalue weighted by Gasteiger charge is -2.17. The molecule has 0 aliphatic carbocycles. The molecule has 4 nitrogen and oxygen atoms in total. The Hall–Kier alpha value is -3.05. The van der Waals surface area contributed by atoms with E-state index in [-0.39, 0.29) is 17.1 Å². The fraction of sp³-hybridized carbons (Fsp3) is 0.130. The molecule has 0 saturated carbocycles. The third-order valence-electron chi connectivity index (χ3n) is 4.05. The second-order valence-corrected chi connectivity index (χ2v) is 7.50. The number of anilines is 1. The number of thioether (sulfide) groups is 1. The normalized spacial score (nSPS) is 11.5. The second-order valence-electron chi connectivity index (χ2n) is 6.32. The maximum Gasteiger partial charge on any atom is 0.238 e. The maximum absolute atomic E-state index is 13.0. The van der Waals surface area contributed by atoms with Crippen LogP contribution in [0.4, 0.5) is 5.69 Å². The van der Waals surface area contributed by atoms with E-state index in [4.69, 9.17) is 0 Å². The van der Waals surface area contributed by atoms with E-state index in [2.05, 4.69) is 10.6 Å². The topological polar surface area (TPSA) is 58.2 Å². The zero-order chi connectivity index (χ0) is 19.8. The molecule has 2 amide bonds. The Morgan fingerprint density at radius 1 is 0.893 bits per heavy atom. The van der Waals surface area contributed by atoms with Crippen LogP contribution in [0.1, 0.15) is 23.3 Å². The molecule has 0 bridgehead atoms. The molecule has 0 aliphatic heterocycles. The van der Waals surface area contributed by atoms with Crippen molar-refractivity contribution in [2.24, 2.45) is 0 Å². The highest BCUT2D eigenvalue weighted by Crippen LogP contribution is 2.35. The van der Waals surface area contributed by atoms with Crippen LogP contribution in [0.3, 0.4) is 0 Å². The fourth-order valence-electron chi connectivity index (χ4n) is 2.78. The molecule has 0 aromatic heterocycles. The smallest absolute Gasteiger partial charge is 0.238 e. The highest BCUT2D eigenvalue weighted by atomic mass is 32.2. The zero-order valence-electron chi connectivity index (χ0n) is 15.6. The highest BCUT2D eigenvalue weighted by Gasteiger charge is 2.21. The van der Waals surface area contributed by atoms with Gasteiger partial charge in [-0.1, -0.05) is 60.7 Å². The monoisotopic (exact) mass is 390 g/mol. The number of rotatable bonds is 7. The minimum absolute atomic E-state index is 0.0509. The van der Waals surface area contributed by atoms with Gasteiger partial charge < -0.3 is 10.6 Å². The van der Waals surface area contributed by atoms with Crippen molar-refractivity contribution >= 4 is 29.3 Å². The van der Waals surface area contributed by atoms with Crippen molar-refractivity contribution in [3.8, 4) is 0 Å². The standard InChI is InChI=1S/C23H22N2O2S/c1-17(26)25-20-12-8-9-18(15-20)16-24-23(27)22(19-10-4-2-5-11-19)28-21-13-6-3-7-14-21/h2-15,22H,16H2,1H3,(H,24,27)(H,25,26)/t22-/m1/s1. The summed E-state index contributed by atoms with van der Waals surface area (Å²) in [6, 6.07) is 27.2. The van der Waals surface area contributed by atoms with Crippen molar-refractivity contribution < 1.29 is 9.59 Å². The van der Waals surface area contributed by atoms with Crippen molar-refractivity contribution in [2.45, 2.75) is 23.6 Å². The molecule has 5 heteroatoms. The number of nitrogens with one attached hydrogen (secondary N) is 2. The number of benzene rings is 3. The third-order valence-corrected chi connectivity index (χ3v) is 5.32. The minimum atomic E-state index is -0.345. The Labute approximate surface area is 169 Å². The summed E-state index contributed by atoms with van der Waals surface area (Å²) in [6.45, 7) is 1.87. The van der Waals surface area contributed by atoms with Crippen LogP contribution in [0, 0.1) is 0 Å². The second kappa shape index (κ2) is 9.76. The van der Waals surface area contributed by atoms with Crippen LogP contribution in [0.15, 0.2) is 89.8 Å². The molecule has 3 rings (SSSR count). The molecule has 0 heterocycles. The summed E-state index contributed by atoms with van der Waals surface area (Å²) in [4.78, 5) is 25.2. The maximum atomic E-state index is 13.0. The summed E-state index contributed by atoms with van der Waals surface area (Å²) in [5.74, 6) is -0.172. The Kier molecular flexibility index (Phi) is 6.87. The van der Waals surface area contributed by atoms with E-state index in [0.717, 1.165) is 21.7 Å². The highest BCUT2D eigenvalue weighted by molar-refractivity contribution is 8.00. The van der Waals surface area contributed by atoms with E-state index in [0.29, 0.717) is 6.54 Å². The summed E-state index contributed by atoms with van der Waals surface area (Å²) < 4.78 is 0. The quantitative estimate of drug-likeness (QED) is 0.570. The van der Waals surface area contributed by atoms with Gasteiger partial charge in [-0.15, -0.1) is 11.8 Å². The van der Waals surface area contributed by atoms with E-state index >= 15 is 0 Å². The number of hydrogen-bond acceptors (Lipinski definition) is 3. The SMILES string of the molecule is CC(=O)Nc1cccc(CNC(=O)[C@H](Sc2ccccc2)c2ccccc2)c1. The van der Waals surface area contributed by atoms with Crippen LogP contribution in [0.25, 0.3) is 0 Å². The van der Waals surface area contributed by atoms with Gasteiger partial charge in [0.15, 0.2) is 0 Å². The van der Waals surface area contributed by atoms with Gasteiger partial charge >= 0.3 is 0 Å². The van der Waals surface area contributed by atoms with Crippen LogP contribution in [-0.4, -0.2) is 11.8 Å². The van der Waals surface area contributed by atoms with E-state index in [1.165, 1.54) is 18.7 Å². The van der Waals surface area contributed by atoms with Gasteiger partial charge in [0, 0.05) is 24.1 Å². The fourth-order valence-corrected chi connectivity index (χ4v) is 3.85. The van der Waals surface area contributed by atoms with Crippen LogP contribution in [0.2, 0.25) is 0 Å². The number of carbonyl (C=O) groups is 2. The Bertz CT molecular complexity index is 930. The van der Waals surface area contributed by atoms with Gasteiger partial charge in [0.2, 0.25) is 11.8 Å². The van der Waals surface area contributed by atoms with Gasteiger partial charge in [-0.25, -0.2) is 0 Å². The number of hydrogen-bond donors (Lipinski definition) is 2. The third kappa shape index (κ3) is 5.72. The summed E-state index contributed by atoms with van der Waals surface area (Å²) in [5, 5.41) is 5.44. The predicted molar refractivity (Wildman–Crippen MR) is 114 cm³/mol. The van der Waals surface area contributed by atoms with E-state index in [1.807, 2.05) is 84.9 Å². The van der Waals surface area contributed by atoms with Crippen LogP contribution in [0.5, 0.6) is 0 Å². The lowest BCUT2D eigenvalue weighted by molar-refractivity contribution is -0.120. The summed E-state index contributed by atoms with van der Waals surface area (Å²) in [5.41, 5.74) is 2.61. The Morgan fingerprint density at radius 2 is 1.57 bits per heavy atom. The molecule has 3 aromatic rings. The Morgan fingerprint density at radius 3 is 2.25 bits per heavy atom. The molecular formula is C23H22N2O2S. The van der Waals surface area contributed by atoms with E-state index < -0.39 is 0 Å². The zero-order valence-corrected chi connectivity index (χ0v) is 16.4. The largest absolute Gasteiger partial charge is 0.351 e. The summed E-state index contributed by atoms with van der Waals surface area (Å²) >= 11 is 1.53. The van der Waals surface area contributed by atoms with Gasteiger partial charge in [0.05, 0.1) is 0 Å². The van der Waals surface area contributed by atoms with Gasteiger partial charge in [0.25, 0.3) is 0 Å². The van der Waals surface area contributed by atoms with Crippen molar-refractivity contribution in [2.75, 3.05) is 5.32 Å². The molecule has 2 N–H and O–H groups in total. The van der Waals surface area contributed by atoms with Crippen molar-refractivity contribution in [3.05, 3.63) is 96.1 Å². The van der Waals surface area contributed by atoms with Gasteiger partial charge in [-0.3, -0.25) is 9.59 Å². The molecule has 0 fully saturated rings. The first-order valence-electron chi connectivity index (χ1n) is 9.03. The van der Waals surface area contributed by atoms with Crippen molar-refractivity contribution in [3.63, 3.8) is 0 Å². The van der Waals surface area contributed by atoms with Crippen LogP contribution >= 0.6 is 11.8 Å². The molecular weight excluding hydrogens is 368 g/mol. The summed E-state index contributed by atoms with van der Waals surface area (Å²) in [7, 11) is 0. The molecule has 0 saturated heterocycles. The van der Waals surface area contributed by atoms with E-state index in [9.17, 15) is 9.59 Å². The first-order chi connectivity index (χ1) is 13.6. The van der Waals surface area contributed by atoms with E-state index in [1.54, 1.807) is 0 Å². The molecule has 28 heavy (non-hydrogen) atoms. The molecule has 0 aliphatic rings. The first-order valence-corrected chi connectivity index (χ1v) is 9.90. The molecule has 0 radical (unpaired) electrons. The first kappa shape index (κ1) is 19.7. The van der Waals surface area contributed by atoms with Crippen molar-refractivity contribution in [1.29, 1.82) is 0 Å². The number of amides is 2. The number of carbonyl (C=O) groups excluding carboxylic acids is 2. The van der Waals surface area contributed by atoms with Gasteiger partial charge in [-0.2, -0.15) is 0 Å². The van der Waals surface area contributed by atoms with Crippen LogP contribution in [-0.2, 0) is 16.1 Å². The van der Waals surface area contributed by atoms with Gasteiger partial charge in [0.1, 0.15) is 5.25 Å². The lowest BCUT2D eigenvalue weighted by Crippen LogP contribution is -2.27. The molecule has 1 atom stereocenters. The summed E-state index contributed by atoms with van der Waals surface area (Å²) in [6.07, 6.45) is 0. The molecule has 142 valence electrons. The molecule has 0 spiro atoms. The Balaban J connectivity index is 1.72. The average molecular weight is 391 g/mol. The molecule has 3 aromatic carbocycles. The van der Waals surface area contributed by atoms with Crippen LogP contribution < -0.4 is 10.6 Å². The minimum Gasteiger partial charge on any atom is -0.351 e.